The van der Waals surface area contributed by atoms with Crippen molar-refractivity contribution in [2.24, 2.45) is 0 Å². The Hall–Kier alpha value is -2.38. The van der Waals surface area contributed by atoms with Crippen LogP contribution in [0.1, 0.15) is 18.5 Å². The van der Waals surface area contributed by atoms with Crippen LogP contribution in [-0.2, 0) is 4.79 Å². The highest BCUT2D eigenvalue weighted by Crippen LogP contribution is 2.23. The van der Waals surface area contributed by atoms with Gasteiger partial charge in [0.2, 0.25) is 11.8 Å². The van der Waals surface area contributed by atoms with Gasteiger partial charge in [-0.1, -0.05) is 35.5 Å². The molecule has 8 heteroatoms. The first-order valence-corrected chi connectivity index (χ1v) is 8.89. The molecule has 1 amide bonds. The molecule has 3 aromatic rings. The van der Waals surface area contributed by atoms with E-state index in [2.05, 4.69) is 20.5 Å². The number of hydrogen-bond donors (Lipinski definition) is 1. The highest BCUT2D eigenvalue weighted by molar-refractivity contribution is 7.99. The van der Waals surface area contributed by atoms with E-state index in [1.807, 2.05) is 25.1 Å². The van der Waals surface area contributed by atoms with Gasteiger partial charge in [0.05, 0.1) is 11.8 Å². The number of amides is 1. The normalized spacial score (nSPS) is 11.9. The van der Waals surface area contributed by atoms with Gasteiger partial charge in [-0.05, 0) is 36.8 Å². The lowest BCUT2D eigenvalue weighted by atomic mass is 10.1. The molecule has 0 aliphatic rings. The molecule has 0 saturated heterocycles. The number of carbonyl (C=O) groups is 1. The van der Waals surface area contributed by atoms with Crippen LogP contribution in [0.25, 0.3) is 11.5 Å². The van der Waals surface area contributed by atoms with Crippen LogP contribution in [0.2, 0.25) is 5.02 Å². The molecule has 1 aromatic carbocycles. The Morgan fingerprint density at radius 3 is 2.84 bits per heavy atom. The van der Waals surface area contributed by atoms with E-state index in [4.69, 9.17) is 16.0 Å². The van der Waals surface area contributed by atoms with Gasteiger partial charge in [0.15, 0.2) is 0 Å². The van der Waals surface area contributed by atoms with Crippen LogP contribution in [0.15, 0.2) is 58.4 Å². The van der Waals surface area contributed by atoms with Crippen molar-refractivity contribution < 1.29 is 9.21 Å². The summed E-state index contributed by atoms with van der Waals surface area (Å²) >= 11 is 7.16. The van der Waals surface area contributed by atoms with Crippen LogP contribution < -0.4 is 5.32 Å². The van der Waals surface area contributed by atoms with Gasteiger partial charge in [0.25, 0.3) is 5.22 Å². The zero-order valence-electron chi connectivity index (χ0n) is 13.3. The topological polar surface area (TPSA) is 80.9 Å². The molecule has 0 aliphatic carbocycles. The fraction of sp³-hybridized carbons (Fsp3) is 0.176. The second kappa shape index (κ2) is 8.13. The average molecular weight is 375 g/mol. The minimum absolute atomic E-state index is 0.124. The molecule has 0 aliphatic heterocycles. The first-order valence-electron chi connectivity index (χ1n) is 7.53. The molecule has 3 rings (SSSR count). The Balaban J connectivity index is 1.53. The summed E-state index contributed by atoms with van der Waals surface area (Å²) in [6.45, 7) is 1.91. The maximum absolute atomic E-state index is 12.1. The maximum Gasteiger partial charge on any atom is 0.277 e. The van der Waals surface area contributed by atoms with Crippen LogP contribution in [0.4, 0.5) is 0 Å². The van der Waals surface area contributed by atoms with E-state index < -0.39 is 0 Å². The van der Waals surface area contributed by atoms with E-state index in [1.54, 1.807) is 30.6 Å². The summed E-state index contributed by atoms with van der Waals surface area (Å²) in [5, 5.41) is 11.8. The number of aromatic nitrogens is 3. The highest BCUT2D eigenvalue weighted by Gasteiger charge is 2.13. The predicted molar refractivity (Wildman–Crippen MR) is 96.3 cm³/mol. The monoisotopic (exact) mass is 374 g/mol. The van der Waals surface area contributed by atoms with Crippen LogP contribution in [0.5, 0.6) is 0 Å². The largest absolute Gasteiger partial charge is 0.411 e. The van der Waals surface area contributed by atoms with E-state index >= 15 is 0 Å². The van der Waals surface area contributed by atoms with E-state index in [-0.39, 0.29) is 17.7 Å². The first-order chi connectivity index (χ1) is 12.1. The summed E-state index contributed by atoms with van der Waals surface area (Å²) in [6, 6.07) is 10.8. The molecule has 2 aromatic heterocycles. The smallest absolute Gasteiger partial charge is 0.277 e. The van der Waals surface area contributed by atoms with Crippen molar-refractivity contribution in [3.63, 3.8) is 0 Å². The summed E-state index contributed by atoms with van der Waals surface area (Å²) in [6.07, 6.45) is 3.30. The summed E-state index contributed by atoms with van der Waals surface area (Å²) in [4.78, 5) is 16.0. The van der Waals surface area contributed by atoms with Gasteiger partial charge in [-0.2, -0.15) is 0 Å². The van der Waals surface area contributed by atoms with E-state index in [1.165, 1.54) is 11.8 Å². The number of rotatable bonds is 6. The Kier molecular flexibility index (Phi) is 5.67. The standard InChI is InChI=1S/C17H15ClN4O2S/c1-11(13-3-2-4-14(18)9-13)20-15(23)10-25-17-22-21-16(24-17)12-5-7-19-8-6-12/h2-9,11H,10H2,1H3,(H,20,23). The SMILES string of the molecule is CC(NC(=O)CSc1nnc(-c2ccncc2)o1)c1cccc(Cl)c1. The number of benzene rings is 1. The third kappa shape index (κ3) is 4.80. The predicted octanol–water partition coefficient (Wildman–Crippen LogP) is 3.75. The lowest BCUT2D eigenvalue weighted by Gasteiger charge is -2.14. The number of nitrogens with zero attached hydrogens (tertiary/aromatic N) is 3. The fourth-order valence-corrected chi connectivity index (χ4v) is 2.92. The molecule has 0 radical (unpaired) electrons. The highest BCUT2D eigenvalue weighted by atomic mass is 35.5. The van der Waals surface area contributed by atoms with Gasteiger partial charge in [-0.3, -0.25) is 9.78 Å². The second-order valence-electron chi connectivity index (χ2n) is 5.24. The van der Waals surface area contributed by atoms with Crippen molar-refractivity contribution in [1.29, 1.82) is 0 Å². The van der Waals surface area contributed by atoms with Crippen molar-refractivity contribution in [2.75, 3.05) is 5.75 Å². The number of thioether (sulfide) groups is 1. The van der Waals surface area contributed by atoms with Gasteiger partial charge in [0, 0.05) is 23.0 Å². The molecule has 1 atom stereocenters. The van der Waals surface area contributed by atoms with Gasteiger partial charge in [0.1, 0.15) is 0 Å². The molecule has 6 nitrogen and oxygen atoms in total. The number of nitrogens with one attached hydrogen (secondary N) is 1. The van der Waals surface area contributed by atoms with E-state index in [0.29, 0.717) is 16.1 Å². The minimum atomic E-state index is -0.137. The Morgan fingerprint density at radius 1 is 1.28 bits per heavy atom. The van der Waals surface area contributed by atoms with Gasteiger partial charge in [-0.25, -0.2) is 0 Å². The third-order valence-corrected chi connectivity index (χ3v) is 4.44. The van der Waals surface area contributed by atoms with Gasteiger partial charge < -0.3 is 9.73 Å². The van der Waals surface area contributed by atoms with Crippen LogP contribution in [0, 0.1) is 0 Å². The quantitative estimate of drug-likeness (QED) is 0.662. The number of halogens is 1. The van der Waals surface area contributed by atoms with Crippen molar-refractivity contribution >= 4 is 29.3 Å². The van der Waals surface area contributed by atoms with Crippen molar-refractivity contribution in [3.05, 3.63) is 59.4 Å². The van der Waals surface area contributed by atoms with E-state index in [0.717, 1.165) is 11.1 Å². The third-order valence-electron chi connectivity index (χ3n) is 3.39. The molecule has 2 heterocycles. The lowest BCUT2D eigenvalue weighted by molar-refractivity contribution is -0.119. The number of carbonyl (C=O) groups excluding carboxylic acids is 1. The molecular formula is C17H15ClN4O2S. The van der Waals surface area contributed by atoms with Gasteiger partial charge >= 0.3 is 0 Å². The molecule has 128 valence electrons. The van der Waals surface area contributed by atoms with Crippen LogP contribution in [-0.4, -0.2) is 26.8 Å². The Labute approximate surface area is 154 Å². The first kappa shape index (κ1) is 17.4. The van der Waals surface area contributed by atoms with Crippen LogP contribution in [0.3, 0.4) is 0 Å². The molecule has 1 N–H and O–H groups in total. The van der Waals surface area contributed by atoms with Crippen molar-refractivity contribution in [2.45, 2.75) is 18.2 Å². The average Bonchev–Trinajstić information content (AvgIpc) is 3.10. The van der Waals surface area contributed by atoms with Crippen LogP contribution >= 0.6 is 23.4 Å². The number of pyridine rings is 1. The zero-order chi connectivity index (χ0) is 17.6. The molecule has 0 bridgehead atoms. The molecule has 0 spiro atoms. The second-order valence-corrected chi connectivity index (χ2v) is 6.60. The minimum Gasteiger partial charge on any atom is -0.411 e. The summed E-state index contributed by atoms with van der Waals surface area (Å²) in [7, 11) is 0. The summed E-state index contributed by atoms with van der Waals surface area (Å²) in [5.74, 6) is 0.460. The lowest BCUT2D eigenvalue weighted by Crippen LogP contribution is -2.28. The van der Waals surface area contributed by atoms with E-state index in [9.17, 15) is 4.79 Å². The van der Waals surface area contributed by atoms with Crippen molar-refractivity contribution in [3.8, 4) is 11.5 Å². The molecule has 1 unspecified atom stereocenters. The number of hydrogen-bond acceptors (Lipinski definition) is 6. The summed E-state index contributed by atoms with van der Waals surface area (Å²) in [5.41, 5.74) is 1.73. The molecule has 0 fully saturated rings. The Bertz CT molecular complexity index is 857. The van der Waals surface area contributed by atoms with Crippen molar-refractivity contribution in [1.82, 2.24) is 20.5 Å². The molecule has 0 saturated carbocycles. The zero-order valence-corrected chi connectivity index (χ0v) is 14.9. The molecule has 25 heavy (non-hydrogen) atoms. The van der Waals surface area contributed by atoms with Gasteiger partial charge in [-0.15, -0.1) is 10.2 Å². The summed E-state index contributed by atoms with van der Waals surface area (Å²) < 4.78 is 5.54. The fourth-order valence-electron chi connectivity index (χ4n) is 2.15. The molecular weight excluding hydrogens is 360 g/mol. The maximum atomic E-state index is 12.1. The Morgan fingerprint density at radius 2 is 2.08 bits per heavy atom.